The van der Waals surface area contributed by atoms with E-state index in [1.807, 2.05) is 12.1 Å². The molecule has 0 N–H and O–H groups in total. The fourth-order valence-corrected chi connectivity index (χ4v) is 7.46. The van der Waals surface area contributed by atoms with Crippen LogP contribution < -0.4 is 4.74 Å². The minimum atomic E-state index is 0.911. The molecule has 10 rings (SSSR count). The second kappa shape index (κ2) is 9.69. The maximum atomic E-state index is 6.36. The highest BCUT2D eigenvalue weighted by Gasteiger charge is 2.21. The Morgan fingerprint density at radius 1 is 0.370 bits per heavy atom. The van der Waals surface area contributed by atoms with Gasteiger partial charge in [-0.15, -0.1) is 0 Å². The van der Waals surface area contributed by atoms with Crippen molar-refractivity contribution < 1.29 is 4.74 Å². The van der Waals surface area contributed by atoms with Crippen molar-refractivity contribution in [3.63, 3.8) is 0 Å². The summed E-state index contributed by atoms with van der Waals surface area (Å²) in [6.07, 6.45) is 0. The normalized spacial score (nSPS) is 12.1. The predicted molar refractivity (Wildman–Crippen MR) is 192 cm³/mol. The van der Waals surface area contributed by atoms with Gasteiger partial charge in [-0.3, -0.25) is 0 Å². The average Bonchev–Trinajstić information content (AvgIpc) is 3.44. The van der Waals surface area contributed by atoms with Gasteiger partial charge in [-0.05, 0) is 92.5 Å². The van der Waals surface area contributed by atoms with Crippen molar-refractivity contribution in [1.82, 2.24) is 4.57 Å². The smallest absolute Gasteiger partial charge is 0.135 e. The third-order valence-electron chi connectivity index (χ3n) is 9.55. The van der Waals surface area contributed by atoms with Crippen LogP contribution in [0.25, 0.3) is 82.4 Å². The van der Waals surface area contributed by atoms with Crippen molar-refractivity contribution in [3.8, 4) is 50.6 Å². The molecule has 0 bridgehead atoms. The lowest BCUT2D eigenvalue weighted by molar-refractivity contribution is 0.487. The molecule has 214 valence electrons. The van der Waals surface area contributed by atoms with E-state index < -0.39 is 0 Å². The molecule has 0 saturated carbocycles. The van der Waals surface area contributed by atoms with Crippen molar-refractivity contribution in [1.29, 1.82) is 0 Å². The van der Waals surface area contributed by atoms with E-state index >= 15 is 0 Å². The summed E-state index contributed by atoms with van der Waals surface area (Å²) in [7, 11) is 0. The number of aromatic nitrogens is 1. The number of fused-ring (bicyclic) bond motifs is 6. The zero-order valence-corrected chi connectivity index (χ0v) is 24.9. The predicted octanol–water partition coefficient (Wildman–Crippen LogP) is 12.2. The van der Waals surface area contributed by atoms with Crippen LogP contribution in [0, 0.1) is 0 Å². The molecule has 0 unspecified atom stereocenters. The molecule has 2 nitrogen and oxygen atoms in total. The Morgan fingerprint density at radius 2 is 1.07 bits per heavy atom. The lowest BCUT2D eigenvalue weighted by Crippen LogP contribution is -1.97. The lowest BCUT2D eigenvalue weighted by Gasteiger charge is -2.22. The van der Waals surface area contributed by atoms with E-state index in [0.29, 0.717) is 0 Å². The molecule has 0 saturated heterocycles. The van der Waals surface area contributed by atoms with Crippen LogP contribution in [0.4, 0.5) is 0 Å². The maximum Gasteiger partial charge on any atom is 0.135 e. The highest BCUT2D eigenvalue weighted by molar-refractivity contribution is 6.14. The molecule has 2 heteroatoms. The topological polar surface area (TPSA) is 14.2 Å². The van der Waals surface area contributed by atoms with Gasteiger partial charge in [-0.25, -0.2) is 0 Å². The van der Waals surface area contributed by atoms with Gasteiger partial charge in [0.15, 0.2) is 0 Å². The number of benzene rings is 8. The molecular formula is C44H27NO. The summed E-state index contributed by atoms with van der Waals surface area (Å²) < 4.78 is 8.78. The zero-order chi connectivity index (χ0) is 30.2. The Kier molecular flexibility index (Phi) is 5.31. The largest absolute Gasteiger partial charge is 0.456 e. The van der Waals surface area contributed by atoms with Crippen LogP contribution in [0.3, 0.4) is 0 Å². The summed E-state index contributed by atoms with van der Waals surface area (Å²) in [6, 6.07) is 59.1. The first-order valence-corrected chi connectivity index (χ1v) is 15.8. The van der Waals surface area contributed by atoms with Gasteiger partial charge in [0.2, 0.25) is 0 Å². The third-order valence-corrected chi connectivity index (χ3v) is 9.55. The Hall–Kier alpha value is -6.12. The first-order valence-electron chi connectivity index (χ1n) is 15.8. The molecule has 8 aromatic carbocycles. The van der Waals surface area contributed by atoms with Gasteiger partial charge in [0.05, 0.1) is 11.0 Å². The van der Waals surface area contributed by atoms with Gasteiger partial charge in [0, 0.05) is 27.4 Å². The van der Waals surface area contributed by atoms with Crippen LogP contribution in [0.2, 0.25) is 0 Å². The summed E-state index contributed by atoms with van der Waals surface area (Å²) in [5.74, 6) is 1.82. The minimum absolute atomic E-state index is 0.911. The highest BCUT2D eigenvalue weighted by atomic mass is 16.5. The number of hydrogen-bond acceptors (Lipinski definition) is 1. The first-order chi connectivity index (χ1) is 22.8. The Morgan fingerprint density at radius 3 is 2.00 bits per heavy atom. The van der Waals surface area contributed by atoms with Crippen LogP contribution in [-0.2, 0) is 0 Å². The lowest BCUT2D eigenvalue weighted by atomic mass is 9.90. The molecule has 0 spiro atoms. The molecule has 1 aromatic heterocycles. The second-order valence-corrected chi connectivity index (χ2v) is 12.1. The fourth-order valence-electron chi connectivity index (χ4n) is 7.46. The minimum Gasteiger partial charge on any atom is -0.456 e. The summed E-state index contributed by atoms with van der Waals surface area (Å²) in [5, 5.41) is 7.43. The number of hydrogen-bond donors (Lipinski definition) is 0. The second-order valence-electron chi connectivity index (χ2n) is 12.1. The molecule has 0 aliphatic carbocycles. The quantitative estimate of drug-likeness (QED) is 0.201. The first kappa shape index (κ1) is 25.2. The third kappa shape index (κ3) is 3.71. The molecule has 2 heterocycles. The molecule has 0 amide bonds. The van der Waals surface area contributed by atoms with E-state index in [-0.39, 0.29) is 0 Å². The monoisotopic (exact) mass is 585 g/mol. The van der Waals surface area contributed by atoms with Crippen LogP contribution in [0.15, 0.2) is 164 Å². The van der Waals surface area contributed by atoms with Gasteiger partial charge in [0.1, 0.15) is 11.5 Å². The van der Waals surface area contributed by atoms with E-state index in [1.54, 1.807) is 0 Å². The Labute approximate surface area is 266 Å². The molecule has 46 heavy (non-hydrogen) atoms. The van der Waals surface area contributed by atoms with E-state index in [1.165, 1.54) is 71.2 Å². The summed E-state index contributed by atoms with van der Waals surface area (Å²) >= 11 is 0. The van der Waals surface area contributed by atoms with Crippen LogP contribution >= 0.6 is 0 Å². The van der Waals surface area contributed by atoms with Crippen molar-refractivity contribution in [2.24, 2.45) is 0 Å². The number of para-hydroxylation sites is 2. The van der Waals surface area contributed by atoms with Gasteiger partial charge in [-0.2, -0.15) is 0 Å². The molecule has 1 aliphatic rings. The summed E-state index contributed by atoms with van der Waals surface area (Å²) in [5.41, 5.74) is 10.7. The maximum absolute atomic E-state index is 6.36. The fraction of sp³-hybridized carbons (Fsp3) is 0. The summed E-state index contributed by atoms with van der Waals surface area (Å²) in [4.78, 5) is 0. The number of ether oxygens (including phenoxy) is 1. The molecule has 0 fully saturated rings. The SMILES string of the molecule is c1cc(-c2cccc(-n3c4ccccc4c4cc5ccccc5cc43)c2)cc(-c2ccc3c4c(cccc24)-c2ccccc2O3)c1. The van der Waals surface area contributed by atoms with E-state index in [4.69, 9.17) is 4.74 Å². The molecule has 0 radical (unpaired) electrons. The standard InChI is InChI=1S/C44H27NO/c1-2-11-31-27-41-39(26-30(31)10-1)35-16-3-5-20-40(35)45(41)33-15-8-13-29(25-33)28-12-7-14-32(24-28)34-22-23-43-44-37(34)18-9-19-38(44)36-17-4-6-21-42(36)46-43/h1-27H. The molecule has 1 aliphatic heterocycles. The van der Waals surface area contributed by atoms with Crippen molar-refractivity contribution in [3.05, 3.63) is 164 Å². The van der Waals surface area contributed by atoms with Crippen molar-refractivity contribution in [2.45, 2.75) is 0 Å². The van der Waals surface area contributed by atoms with Crippen molar-refractivity contribution >= 4 is 43.4 Å². The van der Waals surface area contributed by atoms with Gasteiger partial charge >= 0.3 is 0 Å². The zero-order valence-electron chi connectivity index (χ0n) is 24.9. The number of rotatable bonds is 3. The van der Waals surface area contributed by atoms with Crippen LogP contribution in [0.5, 0.6) is 11.5 Å². The van der Waals surface area contributed by atoms with Crippen LogP contribution in [-0.4, -0.2) is 4.57 Å². The molecule has 9 aromatic rings. The highest BCUT2D eigenvalue weighted by Crippen LogP contribution is 2.48. The van der Waals surface area contributed by atoms with E-state index in [9.17, 15) is 0 Å². The van der Waals surface area contributed by atoms with E-state index in [2.05, 4.69) is 156 Å². The van der Waals surface area contributed by atoms with Gasteiger partial charge in [0.25, 0.3) is 0 Å². The van der Waals surface area contributed by atoms with E-state index in [0.717, 1.165) is 22.7 Å². The Balaban J connectivity index is 1.12. The summed E-state index contributed by atoms with van der Waals surface area (Å²) in [6.45, 7) is 0. The molecule has 0 atom stereocenters. The van der Waals surface area contributed by atoms with Crippen LogP contribution in [0.1, 0.15) is 0 Å². The molecular weight excluding hydrogens is 558 g/mol. The van der Waals surface area contributed by atoms with Crippen molar-refractivity contribution in [2.75, 3.05) is 0 Å². The average molecular weight is 586 g/mol. The Bertz CT molecular complexity index is 2680. The van der Waals surface area contributed by atoms with Gasteiger partial charge < -0.3 is 9.30 Å². The van der Waals surface area contributed by atoms with Gasteiger partial charge in [-0.1, -0.05) is 115 Å². The number of nitrogens with zero attached hydrogens (tertiary/aromatic N) is 1.